The van der Waals surface area contributed by atoms with Crippen LogP contribution in [0.25, 0.3) is 0 Å². The number of hydrogen-bond acceptors (Lipinski definition) is 4. The van der Waals surface area contributed by atoms with Crippen molar-refractivity contribution in [1.29, 1.82) is 0 Å². The number of carbonyl (C=O) groups is 2. The van der Waals surface area contributed by atoms with Gasteiger partial charge in [0.05, 0.1) is 6.26 Å². The van der Waals surface area contributed by atoms with Gasteiger partial charge in [-0.3, -0.25) is 9.59 Å². The Morgan fingerprint density at radius 3 is 2.62 bits per heavy atom. The molecule has 5 nitrogen and oxygen atoms in total. The monoisotopic (exact) mass is 448 g/mol. The summed E-state index contributed by atoms with van der Waals surface area (Å²) in [6, 6.07) is 21.1. The molecule has 4 rings (SSSR count). The maximum Gasteiger partial charge on any atom is 0.255 e. The van der Waals surface area contributed by atoms with Crippen LogP contribution < -0.4 is 5.32 Å². The molecule has 2 amide bonds. The fourth-order valence-corrected chi connectivity index (χ4v) is 5.02. The zero-order valence-corrected chi connectivity index (χ0v) is 19.0. The van der Waals surface area contributed by atoms with Gasteiger partial charge in [0.15, 0.2) is 0 Å². The molecule has 2 atom stereocenters. The molecule has 0 unspecified atom stereocenters. The highest BCUT2D eigenvalue weighted by atomic mass is 32.2. The first-order valence-electron chi connectivity index (χ1n) is 10.9. The summed E-state index contributed by atoms with van der Waals surface area (Å²) < 4.78 is 5.39. The minimum atomic E-state index is -0.519. The lowest BCUT2D eigenvalue weighted by atomic mass is 10.1. The highest BCUT2D eigenvalue weighted by Crippen LogP contribution is 2.26. The summed E-state index contributed by atoms with van der Waals surface area (Å²) in [5, 5.41) is 3.13. The number of thioether (sulfide) groups is 1. The molecule has 1 aromatic heterocycles. The summed E-state index contributed by atoms with van der Waals surface area (Å²) in [5.74, 6) is 2.09. The predicted octanol–water partition coefficient (Wildman–Crippen LogP) is 4.67. The van der Waals surface area contributed by atoms with Crippen molar-refractivity contribution < 1.29 is 14.0 Å². The van der Waals surface area contributed by atoms with Gasteiger partial charge in [-0.25, -0.2) is 0 Å². The third-order valence-electron chi connectivity index (χ3n) is 5.71. The van der Waals surface area contributed by atoms with Gasteiger partial charge in [0.25, 0.3) is 5.91 Å². The lowest BCUT2D eigenvalue weighted by Crippen LogP contribution is -2.50. The van der Waals surface area contributed by atoms with E-state index in [1.54, 1.807) is 22.9 Å². The molecule has 0 aliphatic carbocycles. The Balaban J connectivity index is 1.41. The van der Waals surface area contributed by atoms with Crippen molar-refractivity contribution in [1.82, 2.24) is 10.2 Å². The van der Waals surface area contributed by atoms with E-state index in [9.17, 15) is 9.59 Å². The van der Waals surface area contributed by atoms with E-state index in [4.69, 9.17) is 4.42 Å². The smallest absolute Gasteiger partial charge is 0.255 e. The van der Waals surface area contributed by atoms with E-state index in [-0.39, 0.29) is 17.9 Å². The van der Waals surface area contributed by atoms with Gasteiger partial charge in [-0.15, -0.1) is 0 Å². The van der Waals surface area contributed by atoms with Crippen LogP contribution in [0.4, 0.5) is 0 Å². The summed E-state index contributed by atoms with van der Waals surface area (Å²) in [7, 11) is 0. The van der Waals surface area contributed by atoms with Gasteiger partial charge >= 0.3 is 0 Å². The second-order valence-corrected chi connectivity index (χ2v) is 9.16. The first kappa shape index (κ1) is 22.2. The van der Waals surface area contributed by atoms with E-state index in [0.717, 1.165) is 29.9 Å². The molecular weight excluding hydrogens is 420 g/mol. The number of carbonyl (C=O) groups excluding carboxylic acids is 2. The molecule has 0 radical (unpaired) electrons. The summed E-state index contributed by atoms with van der Waals surface area (Å²) in [6.07, 6.45) is 3.20. The van der Waals surface area contributed by atoms with Crippen molar-refractivity contribution in [3.8, 4) is 0 Å². The predicted molar refractivity (Wildman–Crippen MR) is 127 cm³/mol. The second-order valence-electron chi connectivity index (χ2n) is 8.13. The number of hydrogen-bond donors (Lipinski definition) is 1. The van der Waals surface area contributed by atoms with Crippen LogP contribution >= 0.6 is 11.8 Å². The van der Waals surface area contributed by atoms with E-state index < -0.39 is 6.04 Å². The number of furan rings is 1. The highest BCUT2D eigenvalue weighted by molar-refractivity contribution is 7.98. The van der Waals surface area contributed by atoms with Gasteiger partial charge in [-0.1, -0.05) is 48.5 Å². The van der Waals surface area contributed by atoms with Gasteiger partial charge in [-0.2, -0.15) is 11.8 Å². The first-order valence-corrected chi connectivity index (χ1v) is 12.1. The first-order chi connectivity index (χ1) is 15.6. The Labute approximate surface area is 193 Å². The summed E-state index contributed by atoms with van der Waals surface area (Å²) in [6.45, 7) is 2.47. The van der Waals surface area contributed by atoms with Gasteiger partial charge in [0.1, 0.15) is 11.8 Å². The Morgan fingerprint density at radius 2 is 1.88 bits per heavy atom. The molecule has 0 bridgehead atoms. The van der Waals surface area contributed by atoms with Crippen LogP contribution in [0, 0.1) is 0 Å². The molecule has 0 saturated carbocycles. The number of amides is 2. The quantitative estimate of drug-likeness (QED) is 0.489. The maximum atomic E-state index is 13.3. The Kier molecular flexibility index (Phi) is 7.32. The lowest BCUT2D eigenvalue weighted by molar-refractivity contribution is -0.125. The maximum absolute atomic E-state index is 13.3. The SMILES string of the molecule is C[C@@H](CCc1ccco1)NC(=O)[C@H](CSCc1ccccc1)N1Cc2ccccc2C1=O. The van der Waals surface area contributed by atoms with E-state index in [1.807, 2.05) is 61.5 Å². The van der Waals surface area contributed by atoms with E-state index in [1.165, 1.54) is 5.56 Å². The summed E-state index contributed by atoms with van der Waals surface area (Å²) in [4.78, 5) is 28.1. The van der Waals surface area contributed by atoms with Gasteiger partial charge in [-0.05, 0) is 42.7 Å². The largest absolute Gasteiger partial charge is 0.469 e. The normalized spacial score (nSPS) is 14.8. The molecular formula is C26H28N2O3S. The Bertz CT molecular complexity index is 1040. The third-order valence-corrected chi connectivity index (χ3v) is 6.80. The van der Waals surface area contributed by atoms with Crippen molar-refractivity contribution >= 4 is 23.6 Å². The van der Waals surface area contributed by atoms with Crippen LogP contribution in [0.15, 0.2) is 77.4 Å². The van der Waals surface area contributed by atoms with Gasteiger partial charge in [0.2, 0.25) is 5.91 Å². The van der Waals surface area contributed by atoms with Gasteiger partial charge < -0.3 is 14.6 Å². The van der Waals surface area contributed by atoms with Crippen LogP contribution in [0.1, 0.15) is 40.6 Å². The molecule has 0 saturated heterocycles. The van der Waals surface area contributed by atoms with Crippen molar-refractivity contribution in [2.75, 3.05) is 5.75 Å². The van der Waals surface area contributed by atoms with Crippen molar-refractivity contribution in [3.63, 3.8) is 0 Å². The molecule has 2 aromatic carbocycles. The van der Waals surface area contributed by atoms with Gasteiger partial charge in [0, 0.05) is 36.1 Å². The summed E-state index contributed by atoms with van der Waals surface area (Å²) in [5.41, 5.74) is 2.89. The van der Waals surface area contributed by atoms with Crippen LogP contribution in [-0.4, -0.2) is 34.6 Å². The zero-order valence-electron chi connectivity index (χ0n) is 18.2. The highest BCUT2D eigenvalue weighted by Gasteiger charge is 2.36. The summed E-state index contributed by atoms with van der Waals surface area (Å²) >= 11 is 1.68. The molecule has 166 valence electrons. The van der Waals surface area contributed by atoms with Crippen LogP contribution in [-0.2, 0) is 23.5 Å². The molecule has 2 heterocycles. The zero-order chi connectivity index (χ0) is 22.3. The minimum absolute atomic E-state index is 0.0192. The molecule has 1 N–H and O–H groups in total. The standard InChI is InChI=1S/C26H28N2O3S/c1-19(13-14-22-11-7-15-31-22)27-25(29)24(18-32-17-20-8-3-2-4-9-20)28-16-21-10-5-6-12-23(21)26(28)30/h2-12,15,19,24H,13-14,16-18H2,1H3,(H,27,29)/t19-,24-/m0/s1. The lowest BCUT2D eigenvalue weighted by Gasteiger charge is -2.28. The number of nitrogens with one attached hydrogen (secondary N) is 1. The Hall–Kier alpha value is -2.99. The van der Waals surface area contributed by atoms with Crippen molar-refractivity contribution in [2.24, 2.45) is 0 Å². The molecule has 1 aliphatic heterocycles. The molecule has 0 spiro atoms. The fourth-order valence-electron chi connectivity index (χ4n) is 3.92. The van der Waals surface area contributed by atoms with Crippen molar-refractivity contribution in [2.45, 2.75) is 44.1 Å². The van der Waals surface area contributed by atoms with E-state index in [0.29, 0.717) is 17.9 Å². The van der Waals surface area contributed by atoms with E-state index in [2.05, 4.69) is 17.4 Å². The molecule has 1 aliphatic rings. The number of rotatable bonds is 10. The second kappa shape index (κ2) is 10.6. The molecule has 32 heavy (non-hydrogen) atoms. The van der Waals surface area contributed by atoms with Crippen molar-refractivity contribution in [3.05, 3.63) is 95.4 Å². The topological polar surface area (TPSA) is 62.6 Å². The van der Waals surface area contributed by atoms with Crippen LogP contribution in [0.5, 0.6) is 0 Å². The number of aryl methyl sites for hydroxylation is 1. The number of benzene rings is 2. The molecule has 6 heteroatoms. The minimum Gasteiger partial charge on any atom is -0.469 e. The average Bonchev–Trinajstić information content (AvgIpc) is 3.44. The molecule has 3 aromatic rings. The number of nitrogens with zero attached hydrogens (tertiary/aromatic N) is 1. The molecule has 0 fully saturated rings. The fraction of sp³-hybridized carbons (Fsp3) is 0.308. The van der Waals surface area contributed by atoms with Crippen LogP contribution in [0.3, 0.4) is 0 Å². The average molecular weight is 449 g/mol. The third kappa shape index (κ3) is 5.43. The number of fused-ring (bicyclic) bond motifs is 1. The van der Waals surface area contributed by atoms with Crippen LogP contribution in [0.2, 0.25) is 0 Å². The van der Waals surface area contributed by atoms with E-state index >= 15 is 0 Å². The Morgan fingerprint density at radius 1 is 1.09 bits per heavy atom.